The molecule has 346 valence electrons. The van der Waals surface area contributed by atoms with Crippen LogP contribution in [0.4, 0.5) is 0 Å². The second-order valence-electron chi connectivity index (χ2n) is 18.9. The van der Waals surface area contributed by atoms with Crippen LogP contribution in [0.1, 0.15) is 83.9 Å². The van der Waals surface area contributed by atoms with Crippen molar-refractivity contribution in [1.82, 2.24) is 39.8 Å². The van der Waals surface area contributed by atoms with Gasteiger partial charge in [-0.15, -0.1) is 0 Å². The minimum absolute atomic E-state index is 0.0873. The van der Waals surface area contributed by atoms with Crippen LogP contribution in [0.5, 0.6) is 0 Å². The Morgan fingerprint density at radius 1 is 1.12 bits per heavy atom. The van der Waals surface area contributed by atoms with Crippen molar-refractivity contribution in [1.29, 1.82) is 0 Å². The Labute approximate surface area is 393 Å². The number of rotatable bonds is 11. The number of hydrazine groups is 1. The molecule has 0 saturated carbocycles. The number of likely N-dealkylation sites (tertiary alicyclic amines) is 1. The van der Waals surface area contributed by atoms with Crippen molar-refractivity contribution < 1.29 is 33.4 Å². The zero-order valence-electron chi connectivity index (χ0n) is 39.3. The summed E-state index contributed by atoms with van der Waals surface area (Å²) in [4.78, 5) is 86.7. The molecule has 0 radical (unpaired) electrons. The molecule has 0 aliphatic carbocycles. The third-order valence-electron chi connectivity index (χ3n) is 13.5. The number of thiazole rings is 1. The predicted molar refractivity (Wildman–Crippen MR) is 252 cm³/mol. The molecule has 0 aromatic carbocycles. The molecule has 1 N–H and O–H groups in total. The number of methoxy groups -OCH3 is 1. The van der Waals surface area contributed by atoms with E-state index < -0.39 is 48.6 Å². The molecule has 7 rings (SSSR count). The van der Waals surface area contributed by atoms with E-state index in [0.717, 1.165) is 33.5 Å². The second kappa shape index (κ2) is 20.2. The van der Waals surface area contributed by atoms with Gasteiger partial charge in [0.15, 0.2) is 0 Å². The first kappa shape index (κ1) is 48.5. The average Bonchev–Trinajstić information content (AvgIpc) is 4.05. The number of cyclic esters (lactones) is 1. The van der Waals surface area contributed by atoms with Crippen molar-refractivity contribution in [2.75, 3.05) is 40.4 Å². The zero-order valence-corrected chi connectivity index (χ0v) is 43.4. The van der Waals surface area contributed by atoms with Gasteiger partial charge in [-0.2, -0.15) is 0 Å². The zero-order chi connectivity index (χ0) is 46.9. The molecular weight excluding hydrogens is 947 g/mol. The van der Waals surface area contributed by atoms with Crippen LogP contribution in [0.3, 0.4) is 0 Å². The first-order valence-electron chi connectivity index (χ1n) is 22.9. The number of amides is 3. The van der Waals surface area contributed by atoms with Crippen molar-refractivity contribution in [3.63, 3.8) is 0 Å². The molecule has 15 nitrogen and oxygen atoms in total. The molecular formula is C48H63InN8O7S. The molecule has 2 fully saturated rings. The monoisotopic (exact) mass is 1010 g/mol. The SMILES string of the molecule is C=CC(=O)N1CC[C@H]([C](=O)[In]([CH3])[C@H](C(=O)N[C@H]2Cc3csc(n3)-c3ccc4c(n3)c(c(-c3cccnc3[C@H](C)OC)n4CC)CC(C)(C)COC(=O)[C@@H]3CCCN(C2=O)N3C)C(C)C)C1. The summed E-state index contributed by atoms with van der Waals surface area (Å²) < 4.78 is 15.8. The van der Waals surface area contributed by atoms with Gasteiger partial charge in [0.2, 0.25) is 0 Å². The molecule has 6 bridgehead atoms. The van der Waals surface area contributed by atoms with Gasteiger partial charge in [-0.1, -0.05) is 13.8 Å². The van der Waals surface area contributed by atoms with Crippen LogP contribution in [0.25, 0.3) is 33.0 Å². The third kappa shape index (κ3) is 9.98. The first-order valence-corrected chi connectivity index (χ1v) is 30.6. The van der Waals surface area contributed by atoms with Gasteiger partial charge < -0.3 is 9.30 Å². The van der Waals surface area contributed by atoms with Crippen LogP contribution in [0, 0.1) is 17.3 Å². The number of esters is 1. The fourth-order valence-electron chi connectivity index (χ4n) is 9.99. The standard InChI is InChI=1S/C39H50N7O5S.C8H10NO2.CH3.In/c1-9-45-30-15-14-28-36-41-25(21-52-36)19-29(42-32(47)18-23(2)3)37(48)46-17-11-13-31(44(46)7)38(49)51-22-39(5,6)20-27(34(30)43-28)35(45)26-12-10-16-40-33(26)24(4)50-8;1-2-8(11)9-4-3-7(5-9)6-10;;/h10,12,14-16,18,21,23-24,29,31H,9,11,13,17,19-20,22H2,1-8H3,(H,42,47);2,7H,1,3-5H2;1H3;/t24-,29-,31-;7-;;/m00../s1. The Morgan fingerprint density at radius 2 is 1.89 bits per heavy atom. The van der Waals surface area contributed by atoms with Crippen molar-refractivity contribution in [2.45, 2.75) is 107 Å². The third-order valence-corrected chi connectivity index (χ3v) is 24.5. The molecule has 5 atom stereocenters. The summed E-state index contributed by atoms with van der Waals surface area (Å²) in [5, 5.41) is 8.93. The molecule has 3 aliphatic heterocycles. The van der Waals surface area contributed by atoms with E-state index in [1.807, 2.05) is 43.0 Å². The van der Waals surface area contributed by atoms with Gasteiger partial charge in [-0.25, -0.2) is 0 Å². The van der Waals surface area contributed by atoms with E-state index in [9.17, 15) is 24.0 Å². The van der Waals surface area contributed by atoms with Crippen LogP contribution in [-0.2, 0) is 52.8 Å². The van der Waals surface area contributed by atoms with Crippen LogP contribution in [0.2, 0.25) is 8.35 Å². The molecule has 4 aromatic rings. The van der Waals surface area contributed by atoms with Crippen molar-refractivity contribution >= 4 is 71.0 Å². The van der Waals surface area contributed by atoms with Crippen LogP contribution in [0.15, 0.2) is 48.5 Å². The molecule has 0 spiro atoms. The van der Waals surface area contributed by atoms with E-state index in [2.05, 4.69) is 49.4 Å². The summed E-state index contributed by atoms with van der Waals surface area (Å²) >= 11 is -1.93. The predicted octanol–water partition coefficient (Wildman–Crippen LogP) is 6.23. The fourth-order valence-corrected chi connectivity index (χ4v) is 19.6. The summed E-state index contributed by atoms with van der Waals surface area (Å²) in [6, 6.07) is 6.29. The molecule has 65 heavy (non-hydrogen) atoms. The number of fused-ring (bicyclic) bond motifs is 6. The van der Waals surface area contributed by atoms with E-state index in [0.29, 0.717) is 68.3 Å². The Hall–Kier alpha value is -4.45. The molecule has 3 amide bonds. The molecule has 17 heteroatoms. The van der Waals surface area contributed by atoms with E-state index >= 15 is 0 Å². The summed E-state index contributed by atoms with van der Waals surface area (Å²) in [5.74, 6) is -1.77. The van der Waals surface area contributed by atoms with Crippen LogP contribution in [-0.4, -0.2) is 136 Å². The number of hydrogen-bond donors (Lipinski definition) is 1. The Morgan fingerprint density at radius 3 is 2.60 bits per heavy atom. The van der Waals surface area contributed by atoms with E-state index in [-0.39, 0.29) is 52.2 Å². The number of carbonyl (C=O) groups is 5. The van der Waals surface area contributed by atoms with Gasteiger partial charge in [0.25, 0.3) is 0 Å². The summed E-state index contributed by atoms with van der Waals surface area (Å²) in [5.41, 5.74) is 6.24. The molecule has 7 heterocycles. The van der Waals surface area contributed by atoms with E-state index in [1.54, 1.807) is 35.3 Å². The minimum atomic E-state index is -3.35. The second-order valence-corrected chi connectivity index (χ2v) is 28.0. The van der Waals surface area contributed by atoms with Crippen molar-refractivity contribution in [3.05, 3.63) is 65.4 Å². The molecule has 3 aliphatic rings. The molecule has 2 saturated heterocycles. The Balaban J connectivity index is 1.29. The molecule has 0 unspecified atom stereocenters. The number of pyridine rings is 2. The van der Waals surface area contributed by atoms with Gasteiger partial charge >= 0.3 is 293 Å². The maximum absolute atomic E-state index is 14.8. The van der Waals surface area contributed by atoms with E-state index in [4.69, 9.17) is 24.4 Å². The van der Waals surface area contributed by atoms with Crippen molar-refractivity contribution in [2.24, 2.45) is 17.3 Å². The molecule has 4 aromatic heterocycles. The van der Waals surface area contributed by atoms with Gasteiger partial charge in [0.05, 0.1) is 17.5 Å². The maximum atomic E-state index is 14.8. The average molecular weight is 1010 g/mol. The number of aromatic nitrogens is 4. The number of hydrogen-bond acceptors (Lipinski definition) is 12. The fraction of sp³-hybridized carbons (Fsp3) is 0.542. The van der Waals surface area contributed by atoms with Crippen LogP contribution < -0.4 is 5.32 Å². The summed E-state index contributed by atoms with van der Waals surface area (Å²) in [7, 11) is 3.40. The van der Waals surface area contributed by atoms with Crippen molar-refractivity contribution in [3.8, 4) is 22.0 Å². The van der Waals surface area contributed by atoms with Gasteiger partial charge in [0, 0.05) is 25.4 Å². The van der Waals surface area contributed by atoms with Crippen LogP contribution >= 0.6 is 11.3 Å². The normalized spacial score (nSPS) is 21.5. The van der Waals surface area contributed by atoms with Gasteiger partial charge in [0.1, 0.15) is 0 Å². The first-order chi connectivity index (χ1) is 31.0. The number of nitrogens with zero attached hydrogens (tertiary/aromatic N) is 7. The topological polar surface area (TPSA) is 169 Å². The number of nitrogens with one attached hydrogen (secondary N) is 1. The summed E-state index contributed by atoms with van der Waals surface area (Å²) in [6.45, 7) is 17.7. The number of ether oxygens (including phenoxy) is 2. The number of aryl methyl sites for hydroxylation is 1. The summed E-state index contributed by atoms with van der Waals surface area (Å²) in [6.07, 6.45) is 5.01. The number of likely N-dealkylation sites (N-methyl/N-ethyl adjacent to an activating group) is 1. The number of carbonyl (C=O) groups excluding carboxylic acids is 5. The van der Waals surface area contributed by atoms with E-state index in [1.165, 1.54) is 17.4 Å². The Bertz CT molecular complexity index is 2470. The quantitative estimate of drug-likeness (QED) is 0.134. The van der Waals surface area contributed by atoms with Gasteiger partial charge in [-0.3, -0.25) is 4.98 Å². The van der Waals surface area contributed by atoms with Gasteiger partial charge in [-0.05, 0) is 32.4 Å². The Kier molecular flexibility index (Phi) is 15.1.